The van der Waals surface area contributed by atoms with Crippen LogP contribution in [0.4, 0.5) is 0 Å². The van der Waals surface area contributed by atoms with E-state index in [4.69, 9.17) is 5.11 Å². The van der Waals surface area contributed by atoms with Crippen molar-refractivity contribution < 1.29 is 9.90 Å². The first kappa shape index (κ1) is 16.8. The van der Waals surface area contributed by atoms with Crippen molar-refractivity contribution in [1.29, 1.82) is 0 Å². The molecule has 4 fully saturated rings. The van der Waals surface area contributed by atoms with Gasteiger partial charge in [-0.1, -0.05) is 24.3 Å². The van der Waals surface area contributed by atoms with Gasteiger partial charge in [0.05, 0.1) is 0 Å². The Labute approximate surface area is 150 Å². The number of carboxylic acids is 1. The Hall–Kier alpha value is -1.61. The molecule has 4 aliphatic carbocycles. The Morgan fingerprint density at radius 2 is 1.68 bits per heavy atom. The monoisotopic (exact) mass is 339 g/mol. The van der Waals surface area contributed by atoms with Crippen LogP contribution in [0.25, 0.3) is 6.08 Å². The second-order valence-corrected chi connectivity index (χ2v) is 9.00. The quantitative estimate of drug-likeness (QED) is 0.779. The fourth-order valence-electron chi connectivity index (χ4n) is 6.33. The Balaban J connectivity index is 1.36. The Morgan fingerprint density at radius 3 is 2.20 bits per heavy atom. The molecule has 25 heavy (non-hydrogen) atoms. The molecule has 0 radical (unpaired) electrons. The third-order valence-corrected chi connectivity index (χ3v) is 6.62. The van der Waals surface area contributed by atoms with Crippen LogP contribution < -0.4 is 0 Å². The maximum absolute atomic E-state index is 10.6. The van der Waals surface area contributed by atoms with Gasteiger partial charge in [-0.3, -0.25) is 0 Å². The van der Waals surface area contributed by atoms with Crippen molar-refractivity contribution >= 4 is 12.0 Å². The number of rotatable bonds is 6. The second-order valence-electron chi connectivity index (χ2n) is 9.00. The fraction of sp³-hybridized carbons (Fsp3) is 0.591. The summed E-state index contributed by atoms with van der Waals surface area (Å²) in [5.74, 6) is 2.14. The maximum Gasteiger partial charge on any atom is 0.328 e. The molecule has 0 amide bonds. The van der Waals surface area contributed by atoms with Gasteiger partial charge in [0.25, 0.3) is 0 Å². The molecule has 0 saturated heterocycles. The van der Waals surface area contributed by atoms with E-state index in [9.17, 15) is 4.79 Å². The van der Waals surface area contributed by atoms with E-state index in [2.05, 4.69) is 24.1 Å². The van der Waals surface area contributed by atoms with Crippen LogP contribution in [0.3, 0.4) is 0 Å². The van der Waals surface area contributed by atoms with Gasteiger partial charge >= 0.3 is 5.97 Å². The molecule has 3 heteroatoms. The molecule has 4 aliphatic rings. The van der Waals surface area contributed by atoms with Crippen LogP contribution in [-0.4, -0.2) is 29.6 Å². The van der Waals surface area contributed by atoms with Crippen LogP contribution in [0.1, 0.15) is 49.7 Å². The van der Waals surface area contributed by atoms with Gasteiger partial charge in [-0.05, 0) is 85.9 Å². The van der Waals surface area contributed by atoms with Crippen LogP contribution >= 0.6 is 0 Å². The van der Waals surface area contributed by atoms with Crippen LogP contribution in [0, 0.1) is 23.2 Å². The zero-order valence-corrected chi connectivity index (χ0v) is 15.2. The third-order valence-electron chi connectivity index (χ3n) is 6.62. The minimum atomic E-state index is -0.903. The topological polar surface area (TPSA) is 40.5 Å². The Kier molecular flexibility index (Phi) is 4.45. The van der Waals surface area contributed by atoms with Gasteiger partial charge in [0.15, 0.2) is 0 Å². The van der Waals surface area contributed by atoms with Crippen molar-refractivity contribution in [3.05, 3.63) is 41.5 Å². The third kappa shape index (κ3) is 3.82. The van der Waals surface area contributed by atoms with E-state index in [1.807, 2.05) is 12.1 Å². The summed E-state index contributed by atoms with van der Waals surface area (Å²) in [6.07, 6.45) is 11.7. The van der Waals surface area contributed by atoms with E-state index in [1.165, 1.54) is 56.7 Å². The normalized spacial score (nSPS) is 33.4. The molecule has 0 spiro atoms. The minimum absolute atomic E-state index is 0.591. The number of carbonyl (C=O) groups is 1. The average molecular weight is 339 g/mol. The van der Waals surface area contributed by atoms with Gasteiger partial charge in [-0.25, -0.2) is 4.79 Å². The first-order valence-electron chi connectivity index (χ1n) is 9.68. The zero-order chi connectivity index (χ0) is 17.4. The molecule has 0 heterocycles. The molecule has 1 aromatic carbocycles. The summed E-state index contributed by atoms with van der Waals surface area (Å²) >= 11 is 0. The van der Waals surface area contributed by atoms with E-state index >= 15 is 0 Å². The molecule has 4 bridgehead atoms. The van der Waals surface area contributed by atoms with Crippen molar-refractivity contribution in [2.45, 2.75) is 45.1 Å². The van der Waals surface area contributed by atoms with Crippen molar-refractivity contribution in [2.24, 2.45) is 23.2 Å². The first-order valence-corrected chi connectivity index (χ1v) is 9.68. The van der Waals surface area contributed by atoms with Gasteiger partial charge < -0.3 is 10.0 Å². The standard InChI is InChI=1S/C22H29NO2/c1-23(14-17-4-2-16(3-5-17)6-7-21(24)25)15-22-11-18-8-19(12-22)10-20(9-18)13-22/h2-7,18-20H,8-15H2,1H3,(H,24,25)/b7-6+. The van der Waals surface area contributed by atoms with Gasteiger partial charge in [-0.15, -0.1) is 0 Å². The predicted molar refractivity (Wildman–Crippen MR) is 100 cm³/mol. The molecule has 0 aromatic heterocycles. The molecule has 1 aromatic rings. The lowest BCUT2D eigenvalue weighted by Crippen LogP contribution is -2.50. The molecule has 1 N–H and O–H groups in total. The summed E-state index contributed by atoms with van der Waals surface area (Å²) in [5, 5.41) is 8.70. The highest BCUT2D eigenvalue weighted by molar-refractivity contribution is 5.85. The number of nitrogens with zero attached hydrogens (tertiary/aromatic N) is 1. The van der Waals surface area contributed by atoms with Gasteiger partial charge in [0.1, 0.15) is 0 Å². The number of benzene rings is 1. The fourth-order valence-corrected chi connectivity index (χ4v) is 6.33. The molecular formula is C22H29NO2. The van der Waals surface area contributed by atoms with Crippen molar-refractivity contribution in [3.8, 4) is 0 Å². The predicted octanol–water partition coefficient (Wildman–Crippen LogP) is 4.43. The van der Waals surface area contributed by atoms with Crippen LogP contribution in [0.2, 0.25) is 0 Å². The summed E-state index contributed by atoms with van der Waals surface area (Å²) < 4.78 is 0. The minimum Gasteiger partial charge on any atom is -0.478 e. The largest absolute Gasteiger partial charge is 0.478 e. The summed E-state index contributed by atoms with van der Waals surface area (Å²) in [6.45, 7) is 2.21. The highest BCUT2D eigenvalue weighted by atomic mass is 16.4. The van der Waals surface area contributed by atoms with Gasteiger partial charge in [-0.2, -0.15) is 0 Å². The molecular weight excluding hydrogens is 310 g/mol. The summed E-state index contributed by atoms with van der Waals surface area (Å²) in [5.41, 5.74) is 2.84. The highest BCUT2D eigenvalue weighted by Gasteiger charge is 2.50. The van der Waals surface area contributed by atoms with Crippen molar-refractivity contribution in [3.63, 3.8) is 0 Å². The van der Waals surface area contributed by atoms with Gasteiger partial charge in [0, 0.05) is 19.2 Å². The SMILES string of the molecule is CN(Cc1ccc(/C=C/C(=O)O)cc1)CC12CC3CC(CC(C3)C1)C2. The molecule has 3 nitrogen and oxygen atoms in total. The number of aliphatic carboxylic acids is 1. The lowest BCUT2D eigenvalue weighted by atomic mass is 9.49. The van der Waals surface area contributed by atoms with E-state index in [0.717, 1.165) is 29.9 Å². The van der Waals surface area contributed by atoms with E-state index in [1.54, 1.807) is 6.08 Å². The van der Waals surface area contributed by atoms with Crippen LogP contribution in [0.5, 0.6) is 0 Å². The summed E-state index contributed by atoms with van der Waals surface area (Å²) in [6, 6.07) is 8.26. The summed E-state index contributed by atoms with van der Waals surface area (Å²) in [7, 11) is 2.26. The van der Waals surface area contributed by atoms with E-state index in [0.29, 0.717) is 5.41 Å². The molecule has 4 saturated carbocycles. The summed E-state index contributed by atoms with van der Waals surface area (Å²) in [4.78, 5) is 13.1. The molecule has 5 rings (SSSR count). The molecule has 0 aliphatic heterocycles. The average Bonchev–Trinajstić information content (AvgIpc) is 2.52. The number of carboxylic acid groups (broad SMARTS) is 1. The molecule has 0 atom stereocenters. The highest BCUT2D eigenvalue weighted by Crippen LogP contribution is 2.60. The molecule has 0 unspecified atom stereocenters. The Morgan fingerprint density at radius 1 is 1.12 bits per heavy atom. The number of hydrogen-bond donors (Lipinski definition) is 1. The number of hydrogen-bond acceptors (Lipinski definition) is 2. The maximum atomic E-state index is 10.6. The zero-order valence-electron chi connectivity index (χ0n) is 15.2. The van der Waals surface area contributed by atoms with Crippen LogP contribution in [0.15, 0.2) is 30.3 Å². The Bertz CT molecular complexity index is 626. The van der Waals surface area contributed by atoms with Crippen LogP contribution in [-0.2, 0) is 11.3 Å². The lowest BCUT2D eigenvalue weighted by Gasteiger charge is -2.57. The lowest BCUT2D eigenvalue weighted by molar-refractivity contribution is -0.131. The van der Waals surface area contributed by atoms with Crippen molar-refractivity contribution in [1.82, 2.24) is 4.90 Å². The van der Waals surface area contributed by atoms with Crippen molar-refractivity contribution in [2.75, 3.05) is 13.6 Å². The van der Waals surface area contributed by atoms with E-state index in [-0.39, 0.29) is 0 Å². The van der Waals surface area contributed by atoms with Gasteiger partial charge in [0.2, 0.25) is 0 Å². The first-order chi connectivity index (χ1) is 12.0. The van der Waals surface area contributed by atoms with E-state index < -0.39 is 5.97 Å². The molecule has 134 valence electrons. The second kappa shape index (κ2) is 6.60. The smallest absolute Gasteiger partial charge is 0.328 e.